The lowest BCUT2D eigenvalue weighted by atomic mass is 9.60. The van der Waals surface area contributed by atoms with Gasteiger partial charge in [-0.05, 0) is 121 Å². The van der Waals surface area contributed by atoms with Crippen LogP contribution >= 0.6 is 0 Å². The third kappa shape index (κ3) is 6.48. The van der Waals surface area contributed by atoms with Crippen molar-refractivity contribution in [2.45, 2.75) is 5.41 Å². The highest BCUT2D eigenvalue weighted by molar-refractivity contribution is 6.11. The minimum Gasteiger partial charge on any atom is -0.310 e. The van der Waals surface area contributed by atoms with Crippen molar-refractivity contribution < 1.29 is 0 Å². The number of fused-ring (bicyclic) bond motifs is 9. The molecule has 0 saturated carbocycles. The van der Waals surface area contributed by atoms with E-state index in [-0.39, 0.29) is 0 Å². The molecule has 0 saturated heterocycles. The molecule has 0 N–H and O–H groups in total. The molecule has 0 amide bonds. The van der Waals surface area contributed by atoms with Gasteiger partial charge in [0.1, 0.15) is 0 Å². The van der Waals surface area contributed by atoms with Gasteiger partial charge in [-0.1, -0.05) is 224 Å². The Labute approximate surface area is 403 Å². The number of anilines is 3. The second kappa shape index (κ2) is 16.7. The van der Waals surface area contributed by atoms with Gasteiger partial charge in [0.2, 0.25) is 0 Å². The highest BCUT2D eigenvalue weighted by Gasteiger charge is 2.45. The molecule has 11 aromatic carbocycles. The second-order valence-electron chi connectivity index (χ2n) is 18.0. The van der Waals surface area contributed by atoms with Gasteiger partial charge in [-0.15, -0.1) is 0 Å². The smallest absolute Gasteiger partial charge is 0.0734 e. The predicted octanol–water partition coefficient (Wildman–Crippen LogP) is 17.6. The average molecular weight is 879 g/mol. The lowest BCUT2D eigenvalue weighted by Gasteiger charge is -2.43. The average Bonchev–Trinajstić information content (AvgIpc) is 3.76. The Morgan fingerprint density at radius 3 is 1.57 bits per heavy atom. The first-order valence-electron chi connectivity index (χ1n) is 23.8. The van der Waals surface area contributed by atoms with Crippen molar-refractivity contribution in [3.05, 3.63) is 301 Å². The van der Waals surface area contributed by atoms with Crippen LogP contribution in [0.25, 0.3) is 72.0 Å². The SMILES string of the molecule is c1ccc(-c2ccc(-n3c4ccccc4c4cc(N(c5ccccc5)c5ccccc5C5(c6ccccc6)c6ccccc6-c6ccccc6-c6cccc5c6-c5ccccc5)ccc43)cc2)cc1. The fourth-order valence-corrected chi connectivity index (χ4v) is 11.4. The van der Waals surface area contributed by atoms with Crippen LogP contribution in [0.5, 0.6) is 0 Å². The molecule has 1 atom stereocenters. The molecule has 0 aliphatic heterocycles. The number of aromatic nitrogens is 1. The summed E-state index contributed by atoms with van der Waals surface area (Å²) >= 11 is 0. The zero-order valence-electron chi connectivity index (χ0n) is 38.0. The summed E-state index contributed by atoms with van der Waals surface area (Å²) in [6.45, 7) is 0. The summed E-state index contributed by atoms with van der Waals surface area (Å²) in [7, 11) is 0. The number of benzene rings is 11. The number of nitrogens with zero attached hydrogens (tertiary/aromatic N) is 2. The summed E-state index contributed by atoms with van der Waals surface area (Å²) in [5.41, 5.74) is 20.5. The maximum Gasteiger partial charge on any atom is 0.0734 e. The van der Waals surface area contributed by atoms with Gasteiger partial charge in [-0.2, -0.15) is 0 Å². The van der Waals surface area contributed by atoms with Crippen molar-refractivity contribution in [1.29, 1.82) is 0 Å². The normalized spacial score (nSPS) is 13.9. The standard InChI is InChI=1S/C67H46N2/c1-5-22-47(23-6-1)48-40-42-52(43-41-48)69-63-38-19-16-33-57(63)59-46-53(44-45-64(59)69)68(51-28-11-4-12-29-51)65-39-20-18-36-61(65)67(50-26-9-3-10-27-50)60-35-17-15-32-56(60)54-30-13-14-31-55(54)58-34-21-37-62(67)66(58)49-24-7-2-8-25-49/h1-46H. The minimum atomic E-state index is -0.803. The topological polar surface area (TPSA) is 8.17 Å². The molecule has 0 spiro atoms. The lowest BCUT2D eigenvalue weighted by Crippen LogP contribution is -2.34. The van der Waals surface area contributed by atoms with Crippen LogP contribution in [0.3, 0.4) is 0 Å². The van der Waals surface area contributed by atoms with E-state index in [1.54, 1.807) is 0 Å². The van der Waals surface area contributed by atoms with Gasteiger partial charge >= 0.3 is 0 Å². The van der Waals surface area contributed by atoms with Gasteiger partial charge in [0.05, 0.1) is 22.1 Å². The summed E-state index contributed by atoms with van der Waals surface area (Å²) in [6.07, 6.45) is 0. The van der Waals surface area contributed by atoms with Crippen LogP contribution in [-0.2, 0) is 5.41 Å². The Hall–Kier alpha value is -8.98. The molecule has 69 heavy (non-hydrogen) atoms. The number of para-hydroxylation sites is 3. The van der Waals surface area contributed by atoms with Crippen LogP contribution in [0, 0.1) is 0 Å². The van der Waals surface area contributed by atoms with E-state index in [1.165, 1.54) is 83.1 Å². The summed E-state index contributed by atoms with van der Waals surface area (Å²) in [4.78, 5) is 2.49. The van der Waals surface area contributed by atoms with Crippen molar-refractivity contribution in [2.75, 3.05) is 4.90 Å². The van der Waals surface area contributed by atoms with Gasteiger partial charge in [0.15, 0.2) is 0 Å². The largest absolute Gasteiger partial charge is 0.310 e. The Balaban J connectivity index is 1.10. The molecule has 2 heteroatoms. The Morgan fingerprint density at radius 2 is 0.826 bits per heavy atom. The van der Waals surface area contributed by atoms with E-state index in [2.05, 4.69) is 289 Å². The molecule has 2 nitrogen and oxygen atoms in total. The monoisotopic (exact) mass is 878 g/mol. The molecule has 324 valence electrons. The molecular weight excluding hydrogens is 833 g/mol. The van der Waals surface area contributed by atoms with E-state index in [1.807, 2.05) is 0 Å². The minimum absolute atomic E-state index is 0.803. The van der Waals surface area contributed by atoms with E-state index in [0.29, 0.717) is 0 Å². The summed E-state index contributed by atoms with van der Waals surface area (Å²) < 4.78 is 2.41. The maximum absolute atomic E-state index is 2.49. The Bertz CT molecular complexity index is 3820. The van der Waals surface area contributed by atoms with Crippen LogP contribution in [0.15, 0.2) is 279 Å². The molecule has 1 heterocycles. The highest BCUT2D eigenvalue weighted by atomic mass is 15.1. The Morgan fingerprint density at radius 1 is 0.304 bits per heavy atom. The number of hydrogen-bond acceptors (Lipinski definition) is 1. The first kappa shape index (κ1) is 40.3. The fraction of sp³-hybridized carbons (Fsp3) is 0.0149. The quantitative estimate of drug-likeness (QED) is 0.148. The summed E-state index contributed by atoms with van der Waals surface area (Å²) in [5, 5.41) is 2.40. The summed E-state index contributed by atoms with van der Waals surface area (Å²) in [5.74, 6) is 0. The van der Waals surface area contributed by atoms with Crippen molar-refractivity contribution in [1.82, 2.24) is 4.57 Å². The highest BCUT2D eigenvalue weighted by Crippen LogP contribution is 2.58. The molecule has 0 radical (unpaired) electrons. The van der Waals surface area contributed by atoms with E-state index >= 15 is 0 Å². The first-order chi connectivity index (χ1) is 34.3. The van der Waals surface area contributed by atoms with E-state index < -0.39 is 5.41 Å². The third-order valence-corrected chi connectivity index (χ3v) is 14.3. The molecule has 1 aromatic heterocycles. The molecule has 1 aliphatic carbocycles. The lowest BCUT2D eigenvalue weighted by molar-refractivity contribution is 0.748. The molecule has 0 fully saturated rings. The third-order valence-electron chi connectivity index (χ3n) is 14.3. The van der Waals surface area contributed by atoms with Crippen LogP contribution < -0.4 is 4.90 Å². The van der Waals surface area contributed by atoms with Gasteiger partial charge < -0.3 is 9.47 Å². The van der Waals surface area contributed by atoms with Gasteiger partial charge in [-0.25, -0.2) is 0 Å². The van der Waals surface area contributed by atoms with Gasteiger partial charge in [-0.3, -0.25) is 0 Å². The molecule has 13 rings (SSSR count). The van der Waals surface area contributed by atoms with Crippen LogP contribution in [0.2, 0.25) is 0 Å². The Kier molecular flexibility index (Phi) is 9.77. The maximum atomic E-state index is 2.49. The molecule has 12 aromatic rings. The van der Waals surface area contributed by atoms with Crippen molar-refractivity contribution in [3.8, 4) is 50.2 Å². The summed E-state index contributed by atoms with van der Waals surface area (Å²) in [6, 6.07) is 103. The zero-order chi connectivity index (χ0) is 45.7. The van der Waals surface area contributed by atoms with Gasteiger partial charge in [0, 0.05) is 27.8 Å². The predicted molar refractivity (Wildman–Crippen MR) is 289 cm³/mol. The first-order valence-corrected chi connectivity index (χ1v) is 23.8. The fourth-order valence-electron chi connectivity index (χ4n) is 11.4. The van der Waals surface area contributed by atoms with Crippen molar-refractivity contribution >= 4 is 38.9 Å². The van der Waals surface area contributed by atoms with Crippen LogP contribution in [0.4, 0.5) is 17.1 Å². The van der Waals surface area contributed by atoms with E-state index in [4.69, 9.17) is 0 Å². The van der Waals surface area contributed by atoms with Crippen LogP contribution in [-0.4, -0.2) is 4.57 Å². The van der Waals surface area contributed by atoms with Crippen molar-refractivity contribution in [3.63, 3.8) is 0 Å². The van der Waals surface area contributed by atoms with Crippen LogP contribution in [0.1, 0.15) is 22.3 Å². The van der Waals surface area contributed by atoms with E-state index in [0.717, 1.165) is 28.3 Å². The van der Waals surface area contributed by atoms with E-state index in [9.17, 15) is 0 Å². The molecule has 2 bridgehead atoms. The van der Waals surface area contributed by atoms with Gasteiger partial charge in [0.25, 0.3) is 0 Å². The molecule has 1 unspecified atom stereocenters. The molecule has 1 aliphatic rings. The molecular formula is C67H46N2. The van der Waals surface area contributed by atoms with Crippen molar-refractivity contribution in [2.24, 2.45) is 0 Å². The number of rotatable bonds is 8. The zero-order valence-corrected chi connectivity index (χ0v) is 38.0. The second-order valence-corrected chi connectivity index (χ2v) is 18.0. The number of hydrogen-bond donors (Lipinski definition) is 0.